The number of rotatable bonds is 8. The Kier molecular flexibility index (Phi) is 14.3. The highest BCUT2D eigenvalue weighted by atomic mass is 16.7. The quantitative estimate of drug-likeness (QED) is 0.243. The van der Waals surface area contributed by atoms with E-state index in [-0.39, 0.29) is 95.1 Å². The van der Waals surface area contributed by atoms with Crippen LogP contribution in [0.5, 0.6) is 17.2 Å². The van der Waals surface area contributed by atoms with Gasteiger partial charge >= 0.3 is 0 Å². The maximum absolute atomic E-state index is 13.3. The molecule has 3 fully saturated rings. The van der Waals surface area contributed by atoms with Gasteiger partial charge in [0.15, 0.2) is 12.1 Å². The van der Waals surface area contributed by atoms with Gasteiger partial charge in [-0.2, -0.15) is 0 Å². The van der Waals surface area contributed by atoms with E-state index >= 15 is 0 Å². The number of amides is 2. The van der Waals surface area contributed by atoms with Gasteiger partial charge < -0.3 is 49.8 Å². The molecule has 0 aromatic heterocycles. The highest BCUT2D eigenvalue weighted by Gasteiger charge is 2.43. The fraction of sp³-hybridized carbons (Fsp3) is 0.600. The molecule has 2 amide bonds. The first-order valence-electron chi connectivity index (χ1n) is 19.2. The summed E-state index contributed by atoms with van der Waals surface area (Å²) in [6.45, 7) is 10.8. The molecule has 5 aliphatic rings. The molecule has 3 saturated heterocycles. The molecular weight excluding hydrogens is 712 g/mol. The van der Waals surface area contributed by atoms with Crippen LogP contribution in [-0.2, 0) is 41.4 Å². The number of ether oxygens (including phenoxy) is 5. The van der Waals surface area contributed by atoms with Gasteiger partial charge in [0, 0.05) is 88.1 Å². The molecule has 0 saturated carbocycles. The maximum Gasteiger partial charge on any atom is 0.233 e. The van der Waals surface area contributed by atoms with Crippen molar-refractivity contribution in [3.05, 3.63) is 51.6 Å². The number of hydrogen-bond acceptors (Lipinski definition) is 13. The van der Waals surface area contributed by atoms with Crippen LogP contribution in [0.4, 0.5) is 0 Å². The van der Waals surface area contributed by atoms with Gasteiger partial charge in [-0.25, -0.2) is 0 Å². The molecule has 3 aliphatic heterocycles. The van der Waals surface area contributed by atoms with Crippen molar-refractivity contribution in [2.75, 3.05) is 73.8 Å². The largest absolute Gasteiger partial charge is 0.507 e. The lowest BCUT2D eigenvalue weighted by atomic mass is 9.75. The van der Waals surface area contributed by atoms with Crippen LogP contribution in [0.1, 0.15) is 76.6 Å². The second-order valence-electron chi connectivity index (χ2n) is 14.2. The Morgan fingerprint density at radius 2 is 1.64 bits per heavy atom. The summed E-state index contributed by atoms with van der Waals surface area (Å²) in [5, 5.41) is 24.9. The van der Waals surface area contributed by atoms with E-state index in [9.17, 15) is 29.4 Å². The number of nitrogens with one attached hydrogen (secondary N) is 1. The zero-order valence-corrected chi connectivity index (χ0v) is 32.7. The molecule has 5 unspecified atom stereocenters. The second-order valence-corrected chi connectivity index (χ2v) is 14.2. The van der Waals surface area contributed by atoms with Gasteiger partial charge in [0.2, 0.25) is 17.6 Å². The molecule has 5 atom stereocenters. The number of carbonyl (C=O) groups is 4. The molecule has 0 bridgehead atoms. The molecule has 15 nitrogen and oxygen atoms in total. The molecule has 5 N–H and O–H groups in total. The van der Waals surface area contributed by atoms with E-state index in [1.54, 1.807) is 31.3 Å². The third-order valence-electron chi connectivity index (χ3n) is 11.1. The fourth-order valence-corrected chi connectivity index (χ4v) is 8.25. The molecule has 55 heavy (non-hydrogen) atoms. The summed E-state index contributed by atoms with van der Waals surface area (Å²) in [7, 11) is 4.84. The van der Waals surface area contributed by atoms with Crippen LogP contribution >= 0.6 is 0 Å². The van der Waals surface area contributed by atoms with Gasteiger partial charge in [0.1, 0.15) is 17.2 Å². The van der Waals surface area contributed by atoms with E-state index in [0.29, 0.717) is 43.2 Å². The number of nitrogens with zero attached hydrogens (tertiary/aromatic N) is 2. The molecule has 302 valence electrons. The summed E-state index contributed by atoms with van der Waals surface area (Å²) in [4.78, 5) is 55.2. The topological polar surface area (TPSA) is 199 Å². The van der Waals surface area contributed by atoms with Crippen molar-refractivity contribution in [2.24, 2.45) is 17.6 Å². The van der Waals surface area contributed by atoms with E-state index in [1.807, 2.05) is 13.8 Å². The molecule has 2 aliphatic carbocycles. The standard InChI is InChI=1S/C26H27N3O7.C12H23NO4.C2H6/c1-36-17-4-2-3-15-19(17)25(34)21-20(23(15)32)24(33)16-7-13(5-6-14(16)22(21)31)26(35)29-10-12(11-29)9-28-18(30)8-27;1-9-12(15-3)10(4-6-16-9)13-5-7-17-11(8-13)14-2;1-2/h2-4,12-13,31,33H,5-11,27H2,1H3,(H,28,30);9-12H,4-8H2,1-3H3;1-2H3. The van der Waals surface area contributed by atoms with Crippen LogP contribution in [0.25, 0.3) is 0 Å². The molecule has 0 spiro atoms. The summed E-state index contributed by atoms with van der Waals surface area (Å²) >= 11 is 0. The van der Waals surface area contributed by atoms with Gasteiger partial charge in [0.25, 0.3) is 0 Å². The van der Waals surface area contributed by atoms with E-state index < -0.39 is 17.5 Å². The summed E-state index contributed by atoms with van der Waals surface area (Å²) in [6, 6.07) is 5.04. The third-order valence-corrected chi connectivity index (χ3v) is 11.1. The van der Waals surface area contributed by atoms with Crippen molar-refractivity contribution in [1.29, 1.82) is 0 Å². The summed E-state index contributed by atoms with van der Waals surface area (Å²) < 4.78 is 27.3. The van der Waals surface area contributed by atoms with Gasteiger partial charge in [-0.15, -0.1) is 0 Å². The van der Waals surface area contributed by atoms with Crippen molar-refractivity contribution in [3.63, 3.8) is 0 Å². The zero-order chi connectivity index (χ0) is 40.0. The number of hydrogen-bond donors (Lipinski definition) is 4. The number of fused-ring (bicyclic) bond motifs is 3. The number of benzene rings is 2. The van der Waals surface area contributed by atoms with Crippen molar-refractivity contribution in [1.82, 2.24) is 15.1 Å². The third kappa shape index (κ3) is 8.52. The number of phenols is 2. The van der Waals surface area contributed by atoms with Crippen LogP contribution < -0.4 is 15.8 Å². The van der Waals surface area contributed by atoms with Crippen molar-refractivity contribution >= 4 is 23.4 Å². The summed E-state index contributed by atoms with van der Waals surface area (Å²) in [5.74, 6) is -2.20. The minimum absolute atomic E-state index is 0.0611. The highest BCUT2D eigenvalue weighted by molar-refractivity contribution is 6.31. The van der Waals surface area contributed by atoms with Crippen LogP contribution in [0.2, 0.25) is 0 Å². The highest BCUT2D eigenvalue weighted by Crippen LogP contribution is 2.47. The first kappa shape index (κ1) is 42.0. The lowest BCUT2D eigenvalue weighted by Crippen LogP contribution is -2.57. The number of ketones is 2. The van der Waals surface area contributed by atoms with Gasteiger partial charge in [-0.1, -0.05) is 26.0 Å². The molecule has 7 rings (SSSR count). The fourth-order valence-electron chi connectivity index (χ4n) is 8.25. The predicted octanol–water partition coefficient (Wildman–Crippen LogP) is 2.03. The lowest BCUT2D eigenvalue weighted by molar-refractivity contribution is -0.193. The number of aromatic hydroxyl groups is 2. The Bertz CT molecular complexity index is 1730. The number of methoxy groups -OCH3 is 3. The Labute approximate surface area is 322 Å². The average molecular weight is 769 g/mol. The summed E-state index contributed by atoms with van der Waals surface area (Å²) in [5.41, 5.74) is 5.71. The molecule has 2 aromatic carbocycles. The normalized spacial score (nSPS) is 24.8. The molecule has 2 aromatic rings. The van der Waals surface area contributed by atoms with E-state index in [2.05, 4.69) is 17.1 Å². The van der Waals surface area contributed by atoms with Crippen molar-refractivity contribution in [3.8, 4) is 17.2 Å². The Hall–Kier alpha value is -4.12. The first-order chi connectivity index (χ1) is 26.5. The van der Waals surface area contributed by atoms with Crippen LogP contribution in [-0.4, -0.2) is 142 Å². The number of phenolic OH excluding ortho intramolecular Hbond substituents is 2. The first-order valence-corrected chi connectivity index (χ1v) is 19.2. The van der Waals surface area contributed by atoms with Gasteiger partial charge in [0.05, 0.1) is 49.2 Å². The van der Waals surface area contributed by atoms with Gasteiger partial charge in [-0.3, -0.25) is 24.1 Å². The number of likely N-dealkylation sites (tertiary alicyclic amines) is 1. The number of nitrogens with two attached hydrogens (primary N) is 1. The average Bonchev–Trinajstić information content (AvgIpc) is 3.20. The minimum Gasteiger partial charge on any atom is -0.507 e. The minimum atomic E-state index is -0.584. The van der Waals surface area contributed by atoms with Gasteiger partial charge in [-0.05, 0) is 38.7 Å². The Morgan fingerprint density at radius 1 is 0.927 bits per heavy atom. The van der Waals surface area contributed by atoms with Crippen LogP contribution in [0.15, 0.2) is 18.2 Å². The van der Waals surface area contributed by atoms with E-state index in [0.717, 1.165) is 32.7 Å². The van der Waals surface area contributed by atoms with Crippen molar-refractivity contribution < 1.29 is 53.1 Å². The summed E-state index contributed by atoms with van der Waals surface area (Å²) in [6.07, 6.45) is 2.06. The SMILES string of the molecule is CC.COC1CN(C2CCOC(C)C2OC)CCO1.COc1cccc2c1C(=O)c1c(O)c3c(c(O)c1C2=O)CC(C(=O)N1CC(CNC(=O)CN)C1)CC3. The number of carbonyl (C=O) groups excluding carboxylic acids is 4. The molecule has 3 heterocycles. The van der Waals surface area contributed by atoms with E-state index in [1.165, 1.54) is 13.2 Å². The smallest absolute Gasteiger partial charge is 0.233 e. The van der Waals surface area contributed by atoms with Crippen LogP contribution in [0, 0.1) is 11.8 Å². The Balaban J connectivity index is 0.000000255. The van der Waals surface area contributed by atoms with E-state index in [4.69, 9.17) is 29.4 Å². The molecule has 15 heteroatoms. The molecule has 0 radical (unpaired) electrons. The van der Waals surface area contributed by atoms with Crippen molar-refractivity contribution in [2.45, 2.75) is 71.0 Å². The second kappa shape index (κ2) is 18.7. The van der Waals surface area contributed by atoms with Crippen LogP contribution in [0.3, 0.4) is 0 Å². The monoisotopic (exact) mass is 768 g/mol. The predicted molar refractivity (Wildman–Crippen MR) is 202 cm³/mol. The number of morpholine rings is 1. The lowest BCUT2D eigenvalue weighted by Gasteiger charge is -2.44. The molecular formula is C40H56N4O11. The zero-order valence-electron chi connectivity index (χ0n) is 32.7. The Morgan fingerprint density at radius 3 is 2.31 bits per heavy atom. The maximum atomic E-state index is 13.3.